The number of ether oxygens (including phenoxy) is 1. The summed E-state index contributed by atoms with van der Waals surface area (Å²) >= 11 is 4.84. The van der Waals surface area contributed by atoms with Crippen LogP contribution in [0.4, 0.5) is 0 Å². The Kier molecular flexibility index (Phi) is 11.7. The number of hydrogen-bond acceptors (Lipinski definition) is 7. The highest BCUT2D eigenvalue weighted by molar-refractivity contribution is 9.10. The second kappa shape index (κ2) is 14.2. The van der Waals surface area contributed by atoms with Crippen molar-refractivity contribution in [3.8, 4) is 0 Å². The summed E-state index contributed by atoms with van der Waals surface area (Å²) in [6.07, 6.45) is 3.46. The lowest BCUT2D eigenvalue weighted by Crippen LogP contribution is -2.49. The summed E-state index contributed by atoms with van der Waals surface area (Å²) in [6.45, 7) is -0.275. The molecule has 0 heterocycles. The molecular formula is C22H30BrN3O6S. The van der Waals surface area contributed by atoms with Gasteiger partial charge in [-0.15, -0.1) is 0 Å². The Morgan fingerprint density at radius 2 is 1.85 bits per heavy atom. The molecule has 1 fully saturated rings. The van der Waals surface area contributed by atoms with E-state index in [4.69, 9.17) is 15.6 Å². The molecule has 2 rings (SSSR count). The van der Waals surface area contributed by atoms with Crippen LogP contribution in [0.15, 0.2) is 28.7 Å². The maximum Gasteiger partial charge on any atom is 0.325 e. The largest absolute Gasteiger partial charge is 0.480 e. The van der Waals surface area contributed by atoms with Crippen molar-refractivity contribution in [3.63, 3.8) is 0 Å². The van der Waals surface area contributed by atoms with Crippen LogP contribution in [0.5, 0.6) is 0 Å². The molecule has 1 aromatic rings. The number of amides is 2. The summed E-state index contributed by atoms with van der Waals surface area (Å²) < 4.78 is 6.30. The molecule has 2 atom stereocenters. The van der Waals surface area contributed by atoms with Crippen LogP contribution < -0.4 is 16.4 Å². The van der Waals surface area contributed by atoms with Crippen LogP contribution in [0.25, 0.3) is 0 Å². The zero-order valence-electron chi connectivity index (χ0n) is 18.3. The molecule has 11 heteroatoms. The molecule has 33 heavy (non-hydrogen) atoms. The maximum atomic E-state index is 12.7. The Balaban J connectivity index is 1.87. The predicted molar refractivity (Wildman–Crippen MR) is 128 cm³/mol. The van der Waals surface area contributed by atoms with Crippen LogP contribution in [-0.2, 0) is 29.7 Å². The number of carboxylic acids is 1. The minimum absolute atomic E-state index is 0.0464. The number of thioether (sulfide) groups is 1. The van der Waals surface area contributed by atoms with Crippen LogP contribution in [0.3, 0.4) is 0 Å². The number of carboxylic acid groups (broad SMARTS) is 1. The summed E-state index contributed by atoms with van der Waals surface area (Å²) in [7, 11) is 0. The molecule has 1 aliphatic rings. The van der Waals surface area contributed by atoms with Gasteiger partial charge in [-0.25, -0.2) is 0 Å². The van der Waals surface area contributed by atoms with Gasteiger partial charge in [-0.05, 0) is 49.8 Å². The van der Waals surface area contributed by atoms with Gasteiger partial charge in [-0.2, -0.15) is 11.8 Å². The molecule has 9 nitrogen and oxygen atoms in total. The lowest BCUT2D eigenvalue weighted by Gasteiger charge is -2.19. The molecule has 182 valence electrons. The quantitative estimate of drug-likeness (QED) is 0.276. The van der Waals surface area contributed by atoms with Crippen molar-refractivity contribution in [2.24, 2.45) is 5.73 Å². The number of carbonyl (C=O) groups excluding carboxylic acids is 3. The molecule has 0 radical (unpaired) electrons. The van der Waals surface area contributed by atoms with Gasteiger partial charge in [0.15, 0.2) is 0 Å². The van der Waals surface area contributed by atoms with Crippen LogP contribution in [0.2, 0.25) is 0 Å². The number of halogens is 1. The van der Waals surface area contributed by atoms with Crippen molar-refractivity contribution in [2.75, 3.05) is 12.3 Å². The fourth-order valence-corrected chi connectivity index (χ4v) is 4.53. The lowest BCUT2D eigenvalue weighted by atomic mass is 10.1. The van der Waals surface area contributed by atoms with E-state index in [0.717, 1.165) is 35.7 Å². The van der Waals surface area contributed by atoms with Crippen molar-refractivity contribution in [1.82, 2.24) is 10.6 Å². The second-order valence-corrected chi connectivity index (χ2v) is 9.81. The van der Waals surface area contributed by atoms with Crippen LogP contribution in [0.1, 0.15) is 44.1 Å². The molecule has 0 spiro atoms. The number of benzene rings is 1. The summed E-state index contributed by atoms with van der Waals surface area (Å²) in [5.41, 5.74) is 6.50. The van der Waals surface area contributed by atoms with Crippen LogP contribution >= 0.6 is 27.7 Å². The third-order valence-electron chi connectivity index (χ3n) is 5.13. The van der Waals surface area contributed by atoms with Gasteiger partial charge in [0.1, 0.15) is 24.7 Å². The summed E-state index contributed by atoms with van der Waals surface area (Å²) in [4.78, 5) is 47.8. The first-order valence-corrected chi connectivity index (χ1v) is 12.8. The van der Waals surface area contributed by atoms with Crippen molar-refractivity contribution >= 4 is 51.4 Å². The Morgan fingerprint density at radius 3 is 2.48 bits per heavy atom. The van der Waals surface area contributed by atoms with Gasteiger partial charge in [0, 0.05) is 22.4 Å². The zero-order chi connectivity index (χ0) is 24.2. The van der Waals surface area contributed by atoms with E-state index in [-0.39, 0.29) is 31.2 Å². The average Bonchev–Trinajstić information content (AvgIpc) is 3.29. The van der Waals surface area contributed by atoms with E-state index in [9.17, 15) is 19.2 Å². The second-order valence-electron chi connectivity index (χ2n) is 7.86. The molecule has 1 saturated carbocycles. The number of carbonyl (C=O) groups is 4. The number of nitrogens with two attached hydrogens (primary N) is 1. The van der Waals surface area contributed by atoms with E-state index >= 15 is 0 Å². The highest BCUT2D eigenvalue weighted by Gasteiger charge is 2.24. The zero-order valence-corrected chi connectivity index (χ0v) is 20.7. The van der Waals surface area contributed by atoms with E-state index in [1.807, 2.05) is 24.3 Å². The molecule has 0 aliphatic heterocycles. The van der Waals surface area contributed by atoms with E-state index < -0.39 is 35.8 Å². The molecule has 2 amide bonds. The van der Waals surface area contributed by atoms with Gasteiger partial charge in [-0.1, -0.05) is 28.1 Å². The highest BCUT2D eigenvalue weighted by Crippen LogP contribution is 2.21. The van der Waals surface area contributed by atoms with Gasteiger partial charge in [0.2, 0.25) is 11.8 Å². The first kappa shape index (κ1) is 27.1. The van der Waals surface area contributed by atoms with Gasteiger partial charge in [-0.3, -0.25) is 19.2 Å². The molecule has 1 aromatic carbocycles. The van der Waals surface area contributed by atoms with E-state index in [0.29, 0.717) is 5.75 Å². The van der Waals surface area contributed by atoms with Crippen molar-refractivity contribution < 1.29 is 29.0 Å². The third-order valence-corrected chi connectivity index (χ3v) is 6.76. The van der Waals surface area contributed by atoms with Crippen LogP contribution in [0, 0.1) is 0 Å². The third kappa shape index (κ3) is 10.6. The predicted octanol–water partition coefficient (Wildman–Crippen LogP) is 1.96. The van der Waals surface area contributed by atoms with Gasteiger partial charge in [0.05, 0.1) is 0 Å². The Hall–Kier alpha value is -2.11. The van der Waals surface area contributed by atoms with Crippen molar-refractivity contribution in [1.29, 1.82) is 0 Å². The van der Waals surface area contributed by atoms with E-state index in [1.165, 1.54) is 11.8 Å². The number of rotatable bonds is 13. The standard InChI is InChI=1S/C22H30BrN3O6S/c23-15-7-5-14(6-8-15)12-33-13-18(26-19(27)10-9-17(24)22(30)31)21(29)25-11-20(28)32-16-3-1-2-4-16/h5-8,16-18H,1-4,9-13,24H2,(H,25,29)(H,26,27)(H,30,31). The maximum absolute atomic E-state index is 12.7. The summed E-state index contributed by atoms with van der Waals surface area (Å²) in [5.74, 6) is -1.78. The van der Waals surface area contributed by atoms with Gasteiger partial charge < -0.3 is 26.2 Å². The highest BCUT2D eigenvalue weighted by atomic mass is 79.9. The van der Waals surface area contributed by atoms with E-state index in [2.05, 4.69) is 26.6 Å². The number of esters is 1. The van der Waals surface area contributed by atoms with E-state index in [1.54, 1.807) is 0 Å². The first-order chi connectivity index (χ1) is 15.7. The summed E-state index contributed by atoms with van der Waals surface area (Å²) in [6, 6.07) is 5.71. The normalized spacial score (nSPS) is 15.5. The molecule has 1 aliphatic carbocycles. The fraction of sp³-hybridized carbons (Fsp3) is 0.545. The summed E-state index contributed by atoms with van der Waals surface area (Å²) in [5, 5.41) is 14.0. The minimum Gasteiger partial charge on any atom is -0.480 e. The van der Waals surface area contributed by atoms with Crippen molar-refractivity contribution in [2.45, 2.75) is 62.5 Å². The number of hydrogen-bond donors (Lipinski definition) is 4. The van der Waals surface area contributed by atoms with Gasteiger partial charge in [0.25, 0.3) is 0 Å². The number of aliphatic carboxylic acids is 1. The lowest BCUT2D eigenvalue weighted by molar-refractivity contribution is -0.148. The molecule has 5 N–H and O–H groups in total. The van der Waals surface area contributed by atoms with Crippen molar-refractivity contribution in [3.05, 3.63) is 34.3 Å². The molecule has 2 unspecified atom stereocenters. The molecule has 0 aromatic heterocycles. The molecule has 0 saturated heterocycles. The Labute approximate surface area is 205 Å². The van der Waals surface area contributed by atoms with Crippen LogP contribution in [-0.4, -0.2) is 59.3 Å². The topological polar surface area (TPSA) is 148 Å². The Bertz CT molecular complexity index is 817. The Morgan fingerprint density at radius 1 is 1.18 bits per heavy atom. The minimum atomic E-state index is -1.19. The van der Waals surface area contributed by atoms with Gasteiger partial charge >= 0.3 is 11.9 Å². The SMILES string of the molecule is NC(CCC(=O)NC(CSCc1ccc(Br)cc1)C(=O)NCC(=O)OC1CCCC1)C(=O)O. The molecule has 0 bridgehead atoms. The average molecular weight is 544 g/mol. The first-order valence-electron chi connectivity index (χ1n) is 10.8. The smallest absolute Gasteiger partial charge is 0.325 e. The molecular weight excluding hydrogens is 514 g/mol. The number of nitrogens with one attached hydrogen (secondary N) is 2. The monoisotopic (exact) mass is 543 g/mol. The fourth-order valence-electron chi connectivity index (χ4n) is 3.25.